The van der Waals surface area contributed by atoms with Crippen LogP contribution in [0.25, 0.3) is 0 Å². The van der Waals surface area contributed by atoms with Gasteiger partial charge >= 0.3 is 6.09 Å². The third-order valence-corrected chi connectivity index (χ3v) is 2.71. The summed E-state index contributed by atoms with van der Waals surface area (Å²) in [6.07, 6.45) is -1.08. The average Bonchev–Trinajstić information content (AvgIpc) is 2.42. The number of nitrogens with one attached hydrogen (secondary N) is 1. The number of hydrogen-bond acceptors (Lipinski definition) is 4. The average molecular weight is 293 g/mol. The van der Waals surface area contributed by atoms with Crippen LogP contribution in [0, 0.1) is 11.6 Å². The Morgan fingerprint density at radius 2 is 1.86 bits per heavy atom. The number of amides is 1. The highest BCUT2D eigenvalue weighted by atomic mass is 19.1. The number of benzene rings is 2. The number of hydrogen-bond donors (Lipinski definition) is 3. The lowest BCUT2D eigenvalue weighted by molar-refractivity contribution is 0.211. The quantitative estimate of drug-likeness (QED) is 0.756. The Labute approximate surface area is 119 Å². The van der Waals surface area contributed by atoms with Crippen LogP contribution in [-0.2, 0) is 6.54 Å². The van der Waals surface area contributed by atoms with Crippen LogP contribution in [0.3, 0.4) is 0 Å². The fourth-order valence-electron chi connectivity index (χ4n) is 1.70. The second kappa shape index (κ2) is 6.08. The Bertz CT molecular complexity index is 660. The lowest BCUT2D eigenvalue weighted by atomic mass is 10.2. The SMILES string of the molecule is NC(=O)Oc1cc(F)c(NCc2ccc(F)cc2)cc1N. The van der Waals surface area contributed by atoms with Gasteiger partial charge in [0.15, 0.2) is 5.75 Å². The fraction of sp³-hybridized carbons (Fsp3) is 0.0714. The molecule has 0 radical (unpaired) electrons. The third kappa shape index (κ3) is 3.82. The molecule has 2 rings (SSSR count). The molecule has 0 aliphatic rings. The van der Waals surface area contributed by atoms with E-state index in [0.717, 1.165) is 11.6 Å². The van der Waals surface area contributed by atoms with Crippen molar-refractivity contribution in [1.29, 1.82) is 0 Å². The van der Waals surface area contributed by atoms with Crippen LogP contribution in [-0.4, -0.2) is 6.09 Å². The number of primary amides is 1. The molecular weight excluding hydrogens is 280 g/mol. The van der Waals surface area contributed by atoms with Crippen LogP contribution in [0.15, 0.2) is 36.4 Å². The van der Waals surface area contributed by atoms with Crippen LogP contribution in [0.2, 0.25) is 0 Å². The highest BCUT2D eigenvalue weighted by Crippen LogP contribution is 2.28. The molecule has 2 aromatic carbocycles. The third-order valence-electron chi connectivity index (χ3n) is 2.71. The Balaban J connectivity index is 2.11. The van der Waals surface area contributed by atoms with E-state index in [0.29, 0.717) is 0 Å². The number of anilines is 2. The standard InChI is InChI=1S/C14H13F2N3O2/c15-9-3-1-8(2-4-9)7-19-12-6-11(17)13(5-10(12)16)21-14(18)20/h1-6,19H,7,17H2,(H2,18,20). The zero-order valence-electron chi connectivity index (χ0n) is 10.9. The highest BCUT2D eigenvalue weighted by molar-refractivity contribution is 5.72. The van der Waals surface area contributed by atoms with Crippen molar-refractivity contribution in [3.05, 3.63) is 53.6 Å². The molecule has 1 amide bonds. The molecule has 7 heteroatoms. The van der Waals surface area contributed by atoms with Crippen molar-refractivity contribution in [2.24, 2.45) is 5.73 Å². The molecule has 5 nitrogen and oxygen atoms in total. The minimum absolute atomic E-state index is 0.0665. The monoisotopic (exact) mass is 293 g/mol. The molecule has 0 unspecified atom stereocenters. The Morgan fingerprint density at radius 1 is 1.19 bits per heavy atom. The van der Waals surface area contributed by atoms with E-state index in [2.05, 4.69) is 10.1 Å². The van der Waals surface area contributed by atoms with Gasteiger partial charge in [0.25, 0.3) is 0 Å². The summed E-state index contributed by atoms with van der Waals surface area (Å²) < 4.78 is 31.2. The second-order valence-electron chi connectivity index (χ2n) is 4.27. The summed E-state index contributed by atoms with van der Waals surface area (Å²) in [4.78, 5) is 10.6. The summed E-state index contributed by atoms with van der Waals surface area (Å²) in [6.45, 7) is 0.284. The molecule has 0 aromatic heterocycles. The van der Waals surface area contributed by atoms with E-state index in [9.17, 15) is 13.6 Å². The molecule has 2 aromatic rings. The van der Waals surface area contributed by atoms with Gasteiger partial charge in [0.05, 0.1) is 11.4 Å². The van der Waals surface area contributed by atoms with Gasteiger partial charge in [-0.3, -0.25) is 0 Å². The maximum Gasteiger partial charge on any atom is 0.410 e. The van der Waals surface area contributed by atoms with Crippen molar-refractivity contribution in [1.82, 2.24) is 0 Å². The van der Waals surface area contributed by atoms with Crippen LogP contribution in [0.5, 0.6) is 5.75 Å². The van der Waals surface area contributed by atoms with E-state index < -0.39 is 11.9 Å². The number of carbonyl (C=O) groups is 1. The first kappa shape index (κ1) is 14.6. The van der Waals surface area contributed by atoms with E-state index in [-0.39, 0.29) is 29.5 Å². The molecule has 110 valence electrons. The van der Waals surface area contributed by atoms with Crippen molar-refractivity contribution >= 4 is 17.5 Å². The number of ether oxygens (including phenoxy) is 1. The Morgan fingerprint density at radius 3 is 2.48 bits per heavy atom. The normalized spacial score (nSPS) is 10.2. The maximum absolute atomic E-state index is 13.8. The molecule has 0 aliphatic carbocycles. The van der Waals surface area contributed by atoms with Gasteiger partial charge in [-0.2, -0.15) is 0 Å². The minimum Gasteiger partial charge on any atom is -0.408 e. The van der Waals surface area contributed by atoms with Crippen LogP contribution in [0.1, 0.15) is 5.56 Å². The van der Waals surface area contributed by atoms with Gasteiger partial charge in [-0.1, -0.05) is 12.1 Å². The molecular formula is C14H13F2N3O2. The van der Waals surface area contributed by atoms with Gasteiger partial charge in [0.1, 0.15) is 11.6 Å². The van der Waals surface area contributed by atoms with Crippen LogP contribution in [0.4, 0.5) is 25.0 Å². The fourth-order valence-corrected chi connectivity index (χ4v) is 1.70. The predicted molar refractivity (Wildman–Crippen MR) is 74.8 cm³/mol. The summed E-state index contributed by atoms with van der Waals surface area (Å²) in [7, 11) is 0. The van der Waals surface area contributed by atoms with E-state index in [1.807, 2.05) is 0 Å². The molecule has 21 heavy (non-hydrogen) atoms. The number of nitrogens with two attached hydrogens (primary N) is 2. The van der Waals surface area contributed by atoms with Crippen molar-refractivity contribution in [2.75, 3.05) is 11.1 Å². The van der Waals surface area contributed by atoms with Crippen molar-refractivity contribution in [3.8, 4) is 5.75 Å². The smallest absolute Gasteiger partial charge is 0.408 e. The van der Waals surface area contributed by atoms with Gasteiger partial charge in [0.2, 0.25) is 0 Å². The Hall–Kier alpha value is -2.83. The molecule has 0 heterocycles. The molecule has 0 atom stereocenters. The van der Waals surface area contributed by atoms with Crippen molar-refractivity contribution in [2.45, 2.75) is 6.54 Å². The van der Waals surface area contributed by atoms with E-state index in [1.165, 1.54) is 18.2 Å². The summed E-state index contributed by atoms with van der Waals surface area (Å²) in [5, 5.41) is 2.82. The van der Waals surface area contributed by atoms with Crippen LogP contribution < -0.4 is 21.5 Å². The lowest BCUT2D eigenvalue weighted by Crippen LogP contribution is -2.17. The predicted octanol–water partition coefficient (Wildman–Crippen LogP) is 2.62. The molecule has 0 bridgehead atoms. The Kier molecular flexibility index (Phi) is 4.22. The highest BCUT2D eigenvalue weighted by Gasteiger charge is 2.11. The topological polar surface area (TPSA) is 90.4 Å². The molecule has 5 N–H and O–H groups in total. The first-order valence-corrected chi connectivity index (χ1v) is 6.00. The number of carbonyl (C=O) groups excluding carboxylic acids is 1. The van der Waals surface area contributed by atoms with E-state index in [1.54, 1.807) is 12.1 Å². The molecule has 0 spiro atoms. The summed E-state index contributed by atoms with van der Waals surface area (Å²) in [5.74, 6) is -1.14. The number of rotatable bonds is 4. The number of halogens is 2. The van der Waals surface area contributed by atoms with Gasteiger partial charge in [-0.15, -0.1) is 0 Å². The lowest BCUT2D eigenvalue weighted by Gasteiger charge is -2.11. The van der Waals surface area contributed by atoms with Crippen molar-refractivity contribution in [3.63, 3.8) is 0 Å². The van der Waals surface area contributed by atoms with E-state index in [4.69, 9.17) is 11.5 Å². The van der Waals surface area contributed by atoms with Crippen LogP contribution >= 0.6 is 0 Å². The van der Waals surface area contributed by atoms with Gasteiger partial charge in [0, 0.05) is 12.6 Å². The minimum atomic E-state index is -1.08. The zero-order valence-corrected chi connectivity index (χ0v) is 10.9. The molecule has 0 aliphatic heterocycles. The largest absolute Gasteiger partial charge is 0.410 e. The molecule has 0 fully saturated rings. The van der Waals surface area contributed by atoms with Gasteiger partial charge < -0.3 is 21.5 Å². The summed E-state index contributed by atoms with van der Waals surface area (Å²) in [6, 6.07) is 8.03. The molecule has 0 saturated heterocycles. The summed E-state index contributed by atoms with van der Waals surface area (Å²) >= 11 is 0. The number of nitrogen functional groups attached to an aromatic ring is 1. The van der Waals surface area contributed by atoms with Gasteiger partial charge in [-0.25, -0.2) is 13.6 Å². The van der Waals surface area contributed by atoms with E-state index >= 15 is 0 Å². The van der Waals surface area contributed by atoms with Crippen molar-refractivity contribution < 1.29 is 18.3 Å². The summed E-state index contributed by atoms with van der Waals surface area (Å²) in [5.41, 5.74) is 11.5. The van der Waals surface area contributed by atoms with Gasteiger partial charge in [-0.05, 0) is 23.8 Å². The first-order valence-electron chi connectivity index (χ1n) is 6.00. The zero-order chi connectivity index (χ0) is 15.4. The first-order chi connectivity index (χ1) is 9.95. The maximum atomic E-state index is 13.8. The second-order valence-corrected chi connectivity index (χ2v) is 4.27. The molecule has 0 saturated carbocycles.